The van der Waals surface area contributed by atoms with Crippen molar-refractivity contribution in [1.29, 1.82) is 0 Å². The Hall–Kier alpha value is -4.43. The molecule has 4 N–H and O–H groups in total. The van der Waals surface area contributed by atoms with Gasteiger partial charge in [0.1, 0.15) is 18.3 Å². The average molecular weight is 571 g/mol. The number of aliphatic carboxylic acids is 2. The van der Waals surface area contributed by atoms with E-state index in [0.717, 1.165) is 17.0 Å². The molecule has 0 aliphatic heterocycles. The molecule has 38 heavy (non-hydrogen) atoms. The summed E-state index contributed by atoms with van der Waals surface area (Å²) in [6, 6.07) is 5.61. The van der Waals surface area contributed by atoms with Crippen molar-refractivity contribution in [3.63, 3.8) is 0 Å². The molecule has 0 fully saturated rings. The molecule has 0 saturated heterocycles. The molecule has 1 unspecified atom stereocenters. The van der Waals surface area contributed by atoms with Gasteiger partial charge in [0.15, 0.2) is 0 Å². The standard InChI is InChI=1S/C22H20Cl2N4O10/c1-27(10-18(29)25-16(21(33)34)5-7-19(30)31)22(35)38-17-6-2-11(23)8-13(17)20(32)26-15-4-3-12(28(36)37)9-14(15)24/h2-4,6,8-9,16H,5,7,10H2,1H3,(H,25,29)(H,26,32)(H,30,31)(H,33,34). The van der Waals surface area contributed by atoms with E-state index in [0.29, 0.717) is 0 Å². The van der Waals surface area contributed by atoms with E-state index in [1.54, 1.807) is 0 Å². The lowest BCUT2D eigenvalue weighted by molar-refractivity contribution is -0.384. The Balaban J connectivity index is 2.11. The van der Waals surface area contributed by atoms with Crippen LogP contribution in [0.25, 0.3) is 0 Å². The highest BCUT2D eigenvalue weighted by molar-refractivity contribution is 6.34. The first-order valence-electron chi connectivity index (χ1n) is 10.5. The van der Waals surface area contributed by atoms with Gasteiger partial charge in [-0.1, -0.05) is 23.2 Å². The van der Waals surface area contributed by atoms with Crippen LogP contribution in [0.3, 0.4) is 0 Å². The maximum atomic E-state index is 12.9. The van der Waals surface area contributed by atoms with Crippen molar-refractivity contribution >= 4 is 64.4 Å². The van der Waals surface area contributed by atoms with Gasteiger partial charge in [-0.15, -0.1) is 0 Å². The highest BCUT2D eigenvalue weighted by Gasteiger charge is 2.24. The Morgan fingerprint density at radius 1 is 1.11 bits per heavy atom. The fourth-order valence-corrected chi connectivity index (χ4v) is 3.29. The summed E-state index contributed by atoms with van der Waals surface area (Å²) in [4.78, 5) is 70.5. The van der Waals surface area contributed by atoms with E-state index >= 15 is 0 Å². The number of ether oxygens (including phenoxy) is 1. The van der Waals surface area contributed by atoms with Crippen LogP contribution in [0.1, 0.15) is 23.2 Å². The maximum Gasteiger partial charge on any atom is 0.415 e. The predicted octanol–water partition coefficient (Wildman–Crippen LogP) is 3.02. The molecule has 14 nitrogen and oxygen atoms in total. The number of amides is 3. The van der Waals surface area contributed by atoms with Crippen molar-refractivity contribution in [2.75, 3.05) is 18.9 Å². The van der Waals surface area contributed by atoms with E-state index < -0.39 is 53.8 Å². The first kappa shape index (κ1) is 29.8. The van der Waals surface area contributed by atoms with Crippen molar-refractivity contribution in [2.24, 2.45) is 0 Å². The molecule has 0 spiro atoms. The smallest absolute Gasteiger partial charge is 0.415 e. The lowest BCUT2D eigenvalue weighted by Gasteiger charge is -2.19. The average Bonchev–Trinajstić information content (AvgIpc) is 2.83. The van der Waals surface area contributed by atoms with E-state index in [1.807, 2.05) is 0 Å². The second-order valence-corrected chi connectivity index (χ2v) is 8.47. The molecule has 0 radical (unpaired) electrons. The predicted molar refractivity (Wildman–Crippen MR) is 133 cm³/mol. The number of carboxylic acid groups (broad SMARTS) is 2. The van der Waals surface area contributed by atoms with Crippen molar-refractivity contribution < 1.29 is 43.8 Å². The second-order valence-electron chi connectivity index (χ2n) is 7.63. The Labute approximate surface area is 224 Å². The third kappa shape index (κ3) is 8.60. The number of carboxylic acids is 2. The summed E-state index contributed by atoms with van der Waals surface area (Å²) in [7, 11) is 1.17. The highest BCUT2D eigenvalue weighted by Crippen LogP contribution is 2.29. The number of benzene rings is 2. The molecule has 0 saturated carbocycles. The number of likely N-dealkylation sites (N-methyl/N-ethyl adjacent to an activating group) is 1. The summed E-state index contributed by atoms with van der Waals surface area (Å²) >= 11 is 12.0. The molecule has 0 aromatic heterocycles. The van der Waals surface area contributed by atoms with Gasteiger partial charge in [-0.2, -0.15) is 0 Å². The summed E-state index contributed by atoms with van der Waals surface area (Å²) in [6.45, 7) is -0.650. The van der Waals surface area contributed by atoms with Crippen LogP contribution < -0.4 is 15.4 Å². The summed E-state index contributed by atoms with van der Waals surface area (Å²) in [5.41, 5.74) is -0.476. The number of nitro groups is 1. The minimum absolute atomic E-state index is 0.0317. The maximum absolute atomic E-state index is 12.9. The van der Waals surface area contributed by atoms with Crippen molar-refractivity contribution in [1.82, 2.24) is 10.2 Å². The minimum Gasteiger partial charge on any atom is -0.481 e. The monoisotopic (exact) mass is 570 g/mol. The Morgan fingerprint density at radius 2 is 1.79 bits per heavy atom. The Bertz CT molecular complexity index is 1290. The summed E-state index contributed by atoms with van der Waals surface area (Å²) in [5.74, 6) is -4.68. The van der Waals surface area contributed by atoms with Gasteiger partial charge in [0, 0.05) is 30.6 Å². The molecule has 0 aliphatic carbocycles. The van der Waals surface area contributed by atoms with Gasteiger partial charge in [-0.3, -0.25) is 24.5 Å². The number of nitro benzene ring substituents is 1. The lowest BCUT2D eigenvalue weighted by Crippen LogP contribution is -2.46. The van der Waals surface area contributed by atoms with Crippen molar-refractivity contribution in [3.05, 3.63) is 62.1 Å². The molecule has 3 amide bonds. The van der Waals surface area contributed by atoms with Gasteiger partial charge in [0.2, 0.25) is 5.91 Å². The molecule has 2 rings (SSSR count). The van der Waals surface area contributed by atoms with Crippen LogP contribution in [0.4, 0.5) is 16.2 Å². The number of nitrogens with one attached hydrogen (secondary N) is 2. The van der Waals surface area contributed by atoms with Gasteiger partial charge in [0.05, 0.1) is 21.2 Å². The third-order valence-electron chi connectivity index (χ3n) is 4.77. The largest absolute Gasteiger partial charge is 0.481 e. The van der Waals surface area contributed by atoms with Gasteiger partial charge in [0.25, 0.3) is 11.6 Å². The van der Waals surface area contributed by atoms with Crippen molar-refractivity contribution in [3.8, 4) is 5.75 Å². The van der Waals surface area contributed by atoms with Gasteiger partial charge in [-0.25, -0.2) is 9.59 Å². The quantitative estimate of drug-likeness (QED) is 0.229. The molecule has 2 aromatic rings. The van der Waals surface area contributed by atoms with E-state index in [4.69, 9.17) is 38.2 Å². The number of hydrogen-bond acceptors (Lipinski definition) is 8. The molecular weight excluding hydrogens is 551 g/mol. The SMILES string of the molecule is CN(CC(=O)NC(CCC(=O)O)C(=O)O)C(=O)Oc1ccc(Cl)cc1C(=O)Nc1ccc([N+](=O)[O-])cc1Cl. The van der Waals surface area contributed by atoms with Crippen LogP contribution in [0.5, 0.6) is 5.75 Å². The molecule has 0 aliphatic rings. The molecule has 16 heteroatoms. The number of halogens is 2. The molecule has 0 heterocycles. The number of hydrogen-bond donors (Lipinski definition) is 4. The second kappa shape index (κ2) is 13.2. The Kier molecular flexibility index (Phi) is 10.4. The van der Waals surface area contributed by atoms with E-state index in [-0.39, 0.29) is 39.2 Å². The Morgan fingerprint density at radius 3 is 2.37 bits per heavy atom. The third-order valence-corrected chi connectivity index (χ3v) is 5.32. The number of non-ortho nitro benzene ring substituents is 1. The van der Waals surface area contributed by atoms with Crippen LogP contribution in [-0.4, -0.2) is 69.5 Å². The van der Waals surface area contributed by atoms with Crippen LogP contribution in [-0.2, 0) is 14.4 Å². The highest BCUT2D eigenvalue weighted by atomic mass is 35.5. The van der Waals surface area contributed by atoms with Crippen molar-refractivity contribution in [2.45, 2.75) is 18.9 Å². The molecular formula is C22H20Cl2N4O10. The van der Waals surface area contributed by atoms with Crippen LogP contribution in [0, 0.1) is 10.1 Å². The lowest BCUT2D eigenvalue weighted by atomic mass is 10.1. The van der Waals surface area contributed by atoms with Crippen LogP contribution in [0.2, 0.25) is 10.0 Å². The molecule has 0 bridgehead atoms. The van der Waals surface area contributed by atoms with Crippen LogP contribution in [0.15, 0.2) is 36.4 Å². The molecule has 202 valence electrons. The summed E-state index contributed by atoms with van der Waals surface area (Å²) < 4.78 is 5.21. The topological polar surface area (TPSA) is 205 Å². The summed E-state index contributed by atoms with van der Waals surface area (Å²) in [6.07, 6.45) is -1.96. The van der Waals surface area contributed by atoms with Gasteiger partial charge < -0.3 is 30.5 Å². The minimum atomic E-state index is -1.49. The first-order chi connectivity index (χ1) is 17.8. The van der Waals surface area contributed by atoms with E-state index in [9.17, 15) is 34.1 Å². The zero-order chi connectivity index (χ0) is 28.6. The number of nitrogens with zero attached hydrogens (tertiary/aromatic N) is 2. The van der Waals surface area contributed by atoms with E-state index in [1.165, 1.54) is 31.3 Å². The van der Waals surface area contributed by atoms with E-state index in [2.05, 4.69) is 10.6 Å². The number of carbonyl (C=O) groups excluding carboxylic acids is 3. The normalized spacial score (nSPS) is 11.1. The number of carbonyl (C=O) groups is 5. The molecule has 1 atom stereocenters. The fourth-order valence-electron chi connectivity index (χ4n) is 2.89. The number of rotatable bonds is 11. The summed E-state index contributed by atoms with van der Waals surface area (Å²) in [5, 5.41) is 33.2. The fraction of sp³-hybridized carbons (Fsp3) is 0.227. The zero-order valence-corrected chi connectivity index (χ0v) is 21.0. The van der Waals surface area contributed by atoms with Crippen LogP contribution >= 0.6 is 23.2 Å². The first-order valence-corrected chi connectivity index (χ1v) is 11.3. The van der Waals surface area contributed by atoms with Gasteiger partial charge >= 0.3 is 18.0 Å². The van der Waals surface area contributed by atoms with Gasteiger partial charge in [-0.05, 0) is 30.7 Å². The zero-order valence-electron chi connectivity index (χ0n) is 19.5. The molecule has 2 aromatic carbocycles. The number of anilines is 1.